The molecule has 3 aliphatic rings. The molecule has 3 aromatic carbocycles. The maximum Gasteiger partial charge on any atom is 0.344 e. The van der Waals surface area contributed by atoms with Crippen molar-refractivity contribution >= 4 is 29.2 Å². The lowest BCUT2D eigenvalue weighted by atomic mass is 9.75. The Morgan fingerprint density at radius 2 is 1.20 bits per heavy atom. The highest BCUT2D eigenvalue weighted by molar-refractivity contribution is 6.08. The van der Waals surface area contributed by atoms with E-state index in [0.29, 0.717) is 29.5 Å². The first-order chi connectivity index (χ1) is 21.0. The molecule has 12 nitrogen and oxygen atoms in total. The molecule has 0 saturated carbocycles. The molecule has 2 aliphatic carbocycles. The minimum absolute atomic E-state index is 0.00237. The zero-order valence-electron chi connectivity index (χ0n) is 24.4. The Kier molecular flexibility index (Phi) is 6.75. The Hall–Kier alpha value is -5.13. The van der Waals surface area contributed by atoms with Gasteiger partial charge in [-0.15, -0.1) is 0 Å². The number of nitro benzene ring substituents is 2. The van der Waals surface area contributed by atoms with Crippen molar-refractivity contribution in [1.82, 2.24) is 4.90 Å². The SMILES string of the molecule is CCOC(=O)C1(C(=O)OCC)Cc2cc3c(cc2CN1C(C)=O)CC1(C3)c2cc([N+](=O)[O-])ccc2-c2ccc([N+](=O)[O-])cc21. The summed E-state index contributed by atoms with van der Waals surface area (Å²) in [4.78, 5) is 63.6. The maximum absolute atomic E-state index is 13.4. The van der Waals surface area contributed by atoms with Gasteiger partial charge in [0.2, 0.25) is 11.4 Å². The van der Waals surface area contributed by atoms with Crippen LogP contribution in [0.4, 0.5) is 11.4 Å². The second-order valence-corrected chi connectivity index (χ2v) is 11.4. The van der Waals surface area contributed by atoms with E-state index in [9.17, 15) is 34.6 Å². The molecule has 6 rings (SSSR count). The monoisotopic (exact) mass is 599 g/mol. The molecule has 1 spiro atoms. The number of benzene rings is 3. The van der Waals surface area contributed by atoms with Crippen LogP contribution in [0, 0.1) is 20.2 Å². The van der Waals surface area contributed by atoms with Gasteiger partial charge in [0.25, 0.3) is 11.4 Å². The highest BCUT2D eigenvalue weighted by Gasteiger charge is 2.58. The highest BCUT2D eigenvalue weighted by Crippen LogP contribution is 2.57. The van der Waals surface area contributed by atoms with Crippen LogP contribution in [0.5, 0.6) is 0 Å². The first-order valence-electron chi connectivity index (χ1n) is 14.3. The summed E-state index contributed by atoms with van der Waals surface area (Å²) in [6.07, 6.45) is 0.656. The number of esters is 2. The van der Waals surface area contributed by atoms with Crippen molar-refractivity contribution in [2.24, 2.45) is 0 Å². The maximum atomic E-state index is 13.4. The minimum Gasteiger partial charge on any atom is -0.464 e. The predicted octanol–water partition coefficient (Wildman–Crippen LogP) is 4.34. The summed E-state index contributed by atoms with van der Waals surface area (Å²) >= 11 is 0. The lowest BCUT2D eigenvalue weighted by Gasteiger charge is -2.43. The molecule has 1 amide bonds. The molecule has 226 valence electrons. The largest absolute Gasteiger partial charge is 0.464 e. The van der Waals surface area contributed by atoms with Crippen LogP contribution in [-0.4, -0.2) is 51.3 Å². The van der Waals surface area contributed by atoms with Crippen LogP contribution in [0.3, 0.4) is 0 Å². The van der Waals surface area contributed by atoms with Gasteiger partial charge in [0.05, 0.1) is 23.1 Å². The van der Waals surface area contributed by atoms with Crippen LogP contribution >= 0.6 is 0 Å². The van der Waals surface area contributed by atoms with Crippen molar-refractivity contribution in [2.45, 2.75) is 57.5 Å². The molecule has 0 saturated heterocycles. The summed E-state index contributed by atoms with van der Waals surface area (Å²) in [5.41, 5.74) is 3.27. The molecule has 0 radical (unpaired) electrons. The van der Waals surface area contributed by atoms with Crippen LogP contribution in [0.1, 0.15) is 54.2 Å². The van der Waals surface area contributed by atoms with Gasteiger partial charge < -0.3 is 14.4 Å². The summed E-state index contributed by atoms with van der Waals surface area (Å²) in [5, 5.41) is 23.5. The molecule has 0 atom stereocenters. The quantitative estimate of drug-likeness (QED) is 0.174. The van der Waals surface area contributed by atoms with Gasteiger partial charge in [-0.05, 0) is 83.3 Å². The second kappa shape index (κ2) is 10.2. The topological polar surface area (TPSA) is 159 Å². The number of carbonyl (C=O) groups is 3. The van der Waals surface area contributed by atoms with Crippen molar-refractivity contribution in [1.29, 1.82) is 0 Å². The van der Waals surface area contributed by atoms with Gasteiger partial charge in [0, 0.05) is 49.6 Å². The van der Waals surface area contributed by atoms with E-state index in [-0.39, 0.29) is 37.6 Å². The Labute approximate surface area is 251 Å². The average molecular weight is 600 g/mol. The number of ether oxygens (including phenoxy) is 2. The second-order valence-electron chi connectivity index (χ2n) is 11.4. The highest BCUT2D eigenvalue weighted by atomic mass is 16.6. The summed E-state index contributed by atoms with van der Waals surface area (Å²) in [6.45, 7) is 4.48. The average Bonchev–Trinajstić information content (AvgIpc) is 3.49. The molecule has 1 heterocycles. The molecule has 0 bridgehead atoms. The molecular weight excluding hydrogens is 570 g/mol. The number of non-ortho nitro benzene ring substituents is 2. The van der Waals surface area contributed by atoms with Gasteiger partial charge in [-0.2, -0.15) is 0 Å². The fourth-order valence-corrected chi connectivity index (χ4v) is 7.23. The van der Waals surface area contributed by atoms with Gasteiger partial charge in [0.1, 0.15) is 0 Å². The third-order valence-corrected chi connectivity index (χ3v) is 9.10. The number of carbonyl (C=O) groups excluding carboxylic acids is 3. The van der Waals surface area contributed by atoms with Crippen LogP contribution in [-0.2, 0) is 55.1 Å². The van der Waals surface area contributed by atoms with E-state index in [4.69, 9.17) is 9.47 Å². The number of rotatable bonds is 6. The number of nitrogens with zero attached hydrogens (tertiary/aromatic N) is 3. The van der Waals surface area contributed by atoms with Gasteiger partial charge >= 0.3 is 11.9 Å². The number of hydrogen-bond acceptors (Lipinski definition) is 9. The van der Waals surface area contributed by atoms with Crippen molar-refractivity contribution < 1.29 is 33.7 Å². The number of amides is 1. The smallest absolute Gasteiger partial charge is 0.344 e. The lowest BCUT2D eigenvalue weighted by molar-refractivity contribution is -0.385. The molecule has 12 heteroatoms. The summed E-state index contributed by atoms with van der Waals surface area (Å²) in [6, 6.07) is 13.2. The van der Waals surface area contributed by atoms with Crippen LogP contribution in [0.2, 0.25) is 0 Å². The first-order valence-corrected chi connectivity index (χ1v) is 14.3. The van der Waals surface area contributed by atoms with Gasteiger partial charge in [-0.3, -0.25) is 25.0 Å². The predicted molar refractivity (Wildman–Crippen MR) is 156 cm³/mol. The number of fused-ring (bicyclic) bond motifs is 7. The van der Waals surface area contributed by atoms with Gasteiger partial charge in [-0.1, -0.05) is 12.1 Å². The molecule has 0 aromatic heterocycles. The van der Waals surface area contributed by atoms with E-state index in [1.807, 2.05) is 12.1 Å². The standard InChI is InChI=1S/C32H29N3O9/c1-4-43-29(37)32(30(38)44-5-2)16-21-10-19-14-31(15-20(19)11-22(21)17-33(32)18(3)36)27-12-23(34(39)40)6-8-25(27)26-9-7-24(35(41)42)13-28(26)31/h6-13H,4-5,14-17H2,1-3H3. The molecule has 0 N–H and O–H groups in total. The van der Waals surface area contributed by atoms with E-state index in [1.54, 1.807) is 38.1 Å². The molecular formula is C32H29N3O9. The van der Waals surface area contributed by atoms with Crippen molar-refractivity contribution in [3.05, 3.63) is 102 Å². The van der Waals surface area contributed by atoms with Crippen LogP contribution in [0.25, 0.3) is 11.1 Å². The Morgan fingerprint density at radius 1 is 0.750 bits per heavy atom. The van der Waals surface area contributed by atoms with Crippen LogP contribution in [0.15, 0.2) is 48.5 Å². The molecule has 44 heavy (non-hydrogen) atoms. The van der Waals surface area contributed by atoms with E-state index < -0.39 is 38.6 Å². The fourth-order valence-electron chi connectivity index (χ4n) is 7.23. The fraction of sp³-hybridized carbons (Fsp3) is 0.344. The van der Waals surface area contributed by atoms with Crippen molar-refractivity contribution in [3.63, 3.8) is 0 Å². The van der Waals surface area contributed by atoms with E-state index >= 15 is 0 Å². The molecule has 0 unspecified atom stereocenters. The van der Waals surface area contributed by atoms with E-state index in [2.05, 4.69) is 0 Å². The van der Waals surface area contributed by atoms with Gasteiger partial charge in [0.15, 0.2) is 0 Å². The third kappa shape index (κ3) is 4.08. The molecule has 0 fully saturated rings. The van der Waals surface area contributed by atoms with E-state index in [1.165, 1.54) is 24.0 Å². The summed E-state index contributed by atoms with van der Waals surface area (Å²) in [7, 11) is 0. The van der Waals surface area contributed by atoms with Crippen LogP contribution < -0.4 is 0 Å². The molecule has 1 aliphatic heterocycles. The Balaban J connectivity index is 1.51. The first kappa shape index (κ1) is 29.0. The minimum atomic E-state index is -2.00. The Bertz CT molecular complexity index is 1720. The zero-order chi connectivity index (χ0) is 31.6. The zero-order valence-corrected chi connectivity index (χ0v) is 24.4. The Morgan fingerprint density at radius 3 is 1.64 bits per heavy atom. The third-order valence-electron chi connectivity index (χ3n) is 9.10. The van der Waals surface area contributed by atoms with Gasteiger partial charge in [-0.25, -0.2) is 9.59 Å². The summed E-state index contributed by atoms with van der Waals surface area (Å²) < 4.78 is 10.6. The molecule has 3 aromatic rings. The van der Waals surface area contributed by atoms with Crippen molar-refractivity contribution in [3.8, 4) is 11.1 Å². The van der Waals surface area contributed by atoms with E-state index in [0.717, 1.165) is 27.8 Å². The number of nitro groups is 2. The summed E-state index contributed by atoms with van der Waals surface area (Å²) in [5.74, 6) is -2.23. The lowest BCUT2D eigenvalue weighted by Crippen LogP contribution is -2.65. The van der Waals surface area contributed by atoms with Crippen molar-refractivity contribution in [2.75, 3.05) is 13.2 Å². The normalized spacial score (nSPS) is 16.4. The number of hydrogen-bond donors (Lipinski definition) is 0.